The molecule has 2 aliphatic heterocycles. The Labute approximate surface area is 174 Å². The molecule has 0 N–H and O–H groups in total. The Hall–Kier alpha value is -2.71. The van der Waals surface area contributed by atoms with Crippen LogP contribution in [0.5, 0.6) is 0 Å². The first-order valence-corrected chi connectivity index (χ1v) is 10.4. The molecule has 0 aliphatic carbocycles. The fraction of sp³-hybridized carbons (Fsp3) is 0.333. The van der Waals surface area contributed by atoms with Crippen LogP contribution in [0.3, 0.4) is 0 Å². The summed E-state index contributed by atoms with van der Waals surface area (Å²) in [4.78, 5) is 39.3. The number of imide groups is 1. The van der Waals surface area contributed by atoms with Gasteiger partial charge in [0.1, 0.15) is 5.82 Å². The van der Waals surface area contributed by atoms with Crippen molar-refractivity contribution in [3.05, 3.63) is 47.1 Å². The van der Waals surface area contributed by atoms with Crippen LogP contribution in [0, 0.1) is 0 Å². The Morgan fingerprint density at radius 3 is 2.72 bits per heavy atom. The summed E-state index contributed by atoms with van der Waals surface area (Å²) in [5, 5.41) is -0.251. The molecular formula is C21H23N5O2S. The normalized spacial score (nSPS) is 19.9. The minimum absolute atomic E-state index is 0.251. The molecule has 2 aromatic rings. The van der Waals surface area contributed by atoms with Gasteiger partial charge < -0.3 is 9.80 Å². The molecular weight excluding hydrogens is 386 g/mol. The molecule has 7 nitrogen and oxygen atoms in total. The molecule has 0 saturated carbocycles. The largest absolute Gasteiger partial charge is 0.354 e. The Morgan fingerprint density at radius 1 is 1.07 bits per heavy atom. The van der Waals surface area contributed by atoms with E-state index >= 15 is 0 Å². The zero-order valence-electron chi connectivity index (χ0n) is 16.5. The highest BCUT2D eigenvalue weighted by Crippen LogP contribution is 2.31. The molecule has 150 valence electrons. The molecule has 29 heavy (non-hydrogen) atoms. The number of nitrogens with zero attached hydrogens (tertiary/aromatic N) is 5. The lowest BCUT2D eigenvalue weighted by Crippen LogP contribution is -2.29. The summed E-state index contributed by atoms with van der Waals surface area (Å²) in [6, 6.07) is 7.78. The fourth-order valence-electron chi connectivity index (χ4n) is 3.41. The predicted octanol–water partition coefficient (Wildman–Crippen LogP) is 2.95. The molecule has 0 unspecified atom stereocenters. The average molecular weight is 410 g/mol. The number of rotatable bonds is 3. The quantitative estimate of drug-likeness (QED) is 0.722. The van der Waals surface area contributed by atoms with Crippen molar-refractivity contribution in [3.63, 3.8) is 0 Å². The third-order valence-electron chi connectivity index (χ3n) is 5.13. The summed E-state index contributed by atoms with van der Waals surface area (Å²) < 4.78 is 0. The van der Waals surface area contributed by atoms with Gasteiger partial charge in [-0.25, -0.2) is 4.98 Å². The summed E-state index contributed by atoms with van der Waals surface area (Å²) in [6.07, 6.45) is 6.42. The number of benzene rings is 1. The van der Waals surface area contributed by atoms with E-state index in [2.05, 4.69) is 21.8 Å². The lowest BCUT2D eigenvalue weighted by Gasteiger charge is -2.21. The van der Waals surface area contributed by atoms with E-state index in [4.69, 9.17) is 4.98 Å². The maximum Gasteiger partial charge on any atom is 0.293 e. The van der Waals surface area contributed by atoms with E-state index in [1.165, 1.54) is 7.05 Å². The smallest absolute Gasteiger partial charge is 0.293 e. The van der Waals surface area contributed by atoms with Crippen LogP contribution < -0.4 is 4.90 Å². The first kappa shape index (κ1) is 19.6. The molecule has 0 spiro atoms. The molecule has 2 saturated heterocycles. The molecule has 1 aromatic carbocycles. The third kappa shape index (κ3) is 4.33. The third-order valence-corrected chi connectivity index (χ3v) is 6.09. The molecule has 0 bridgehead atoms. The Balaban J connectivity index is 1.59. The monoisotopic (exact) mass is 409 g/mol. The van der Waals surface area contributed by atoms with Crippen LogP contribution in [0.15, 0.2) is 41.6 Å². The number of likely N-dealkylation sites (N-methyl/N-ethyl adjacent to an activating group) is 2. The van der Waals surface area contributed by atoms with Gasteiger partial charge in [-0.3, -0.25) is 19.5 Å². The standard InChI is InChI=1S/C21H23N5O2S/c1-24-7-4-8-26(10-9-24)19-14-22-13-17(23-19)16-6-3-5-15(11-16)12-18-20(27)25(2)21(28)29-18/h3,5-6,11-14H,4,7-10H2,1-2H3/b18-12-. The summed E-state index contributed by atoms with van der Waals surface area (Å²) in [5.41, 5.74) is 2.57. The molecule has 3 heterocycles. The van der Waals surface area contributed by atoms with Gasteiger partial charge >= 0.3 is 0 Å². The summed E-state index contributed by atoms with van der Waals surface area (Å²) in [7, 11) is 3.64. The van der Waals surface area contributed by atoms with Gasteiger partial charge in [-0.05, 0) is 49.5 Å². The number of hydrogen-bond acceptors (Lipinski definition) is 7. The molecule has 1 aromatic heterocycles. The Bertz CT molecular complexity index is 977. The van der Waals surface area contributed by atoms with Crippen molar-refractivity contribution in [2.24, 2.45) is 0 Å². The lowest BCUT2D eigenvalue weighted by molar-refractivity contribution is -0.121. The van der Waals surface area contributed by atoms with Crippen LogP contribution in [0.1, 0.15) is 12.0 Å². The van der Waals surface area contributed by atoms with Crippen LogP contribution in [0.2, 0.25) is 0 Å². The molecule has 8 heteroatoms. The van der Waals surface area contributed by atoms with Crippen LogP contribution >= 0.6 is 11.8 Å². The van der Waals surface area contributed by atoms with Gasteiger partial charge in [0, 0.05) is 32.2 Å². The van der Waals surface area contributed by atoms with Crippen molar-refractivity contribution >= 4 is 34.8 Å². The number of anilines is 1. The first-order chi connectivity index (χ1) is 14.0. The number of carbonyl (C=O) groups excluding carboxylic acids is 2. The van der Waals surface area contributed by atoms with Gasteiger partial charge in [0.2, 0.25) is 0 Å². The van der Waals surface area contributed by atoms with Crippen molar-refractivity contribution in [1.29, 1.82) is 0 Å². The fourth-order valence-corrected chi connectivity index (χ4v) is 4.23. The highest BCUT2D eigenvalue weighted by atomic mass is 32.2. The highest BCUT2D eigenvalue weighted by Gasteiger charge is 2.31. The van der Waals surface area contributed by atoms with E-state index in [0.29, 0.717) is 4.91 Å². The van der Waals surface area contributed by atoms with E-state index in [1.54, 1.807) is 12.3 Å². The maximum atomic E-state index is 12.1. The van der Waals surface area contributed by atoms with Gasteiger partial charge in [-0.15, -0.1) is 0 Å². The number of amides is 2. The van der Waals surface area contributed by atoms with Crippen molar-refractivity contribution in [1.82, 2.24) is 19.8 Å². The topological polar surface area (TPSA) is 69.6 Å². The molecule has 4 rings (SSSR count). The summed E-state index contributed by atoms with van der Waals surface area (Å²) in [5.74, 6) is 0.619. The van der Waals surface area contributed by atoms with E-state index in [9.17, 15) is 9.59 Å². The predicted molar refractivity (Wildman–Crippen MR) is 116 cm³/mol. The maximum absolute atomic E-state index is 12.1. The van der Waals surface area contributed by atoms with Gasteiger partial charge in [-0.1, -0.05) is 18.2 Å². The molecule has 2 fully saturated rings. The van der Waals surface area contributed by atoms with Crippen LogP contribution in [-0.4, -0.2) is 71.2 Å². The zero-order chi connectivity index (χ0) is 20.4. The van der Waals surface area contributed by atoms with E-state index in [-0.39, 0.29) is 11.1 Å². The van der Waals surface area contributed by atoms with E-state index < -0.39 is 0 Å². The SMILES string of the molecule is CN1CCCN(c2cncc(-c3cccc(/C=C4\SC(=O)N(C)C4=O)c3)n2)CC1. The van der Waals surface area contributed by atoms with E-state index in [0.717, 1.165) is 71.9 Å². The van der Waals surface area contributed by atoms with Crippen molar-refractivity contribution in [2.45, 2.75) is 6.42 Å². The second-order valence-electron chi connectivity index (χ2n) is 7.27. The number of thioether (sulfide) groups is 1. The van der Waals surface area contributed by atoms with Gasteiger partial charge in [0.15, 0.2) is 0 Å². The number of aromatic nitrogens is 2. The van der Waals surface area contributed by atoms with Gasteiger partial charge in [0.05, 0.1) is 23.0 Å². The van der Waals surface area contributed by atoms with Crippen molar-refractivity contribution in [3.8, 4) is 11.3 Å². The molecule has 0 atom stereocenters. The van der Waals surface area contributed by atoms with Gasteiger partial charge in [0.25, 0.3) is 11.1 Å². The minimum Gasteiger partial charge on any atom is -0.354 e. The second-order valence-corrected chi connectivity index (χ2v) is 8.27. The lowest BCUT2D eigenvalue weighted by atomic mass is 10.1. The summed E-state index contributed by atoms with van der Waals surface area (Å²) >= 11 is 0.962. The van der Waals surface area contributed by atoms with Crippen molar-refractivity contribution in [2.75, 3.05) is 45.2 Å². The van der Waals surface area contributed by atoms with Crippen LogP contribution in [-0.2, 0) is 4.79 Å². The van der Waals surface area contributed by atoms with E-state index in [1.807, 2.05) is 30.5 Å². The molecule has 0 radical (unpaired) electrons. The minimum atomic E-state index is -0.265. The summed E-state index contributed by atoms with van der Waals surface area (Å²) in [6.45, 7) is 4.00. The van der Waals surface area contributed by atoms with Crippen LogP contribution in [0.4, 0.5) is 10.6 Å². The molecule has 2 aliphatic rings. The first-order valence-electron chi connectivity index (χ1n) is 9.59. The Morgan fingerprint density at radius 2 is 1.93 bits per heavy atom. The second kappa shape index (κ2) is 8.34. The van der Waals surface area contributed by atoms with Crippen molar-refractivity contribution < 1.29 is 9.59 Å². The van der Waals surface area contributed by atoms with Gasteiger partial charge in [-0.2, -0.15) is 0 Å². The average Bonchev–Trinajstić information content (AvgIpc) is 2.90. The zero-order valence-corrected chi connectivity index (χ0v) is 17.4. The highest BCUT2D eigenvalue weighted by molar-refractivity contribution is 8.18. The van der Waals surface area contributed by atoms with Crippen LogP contribution in [0.25, 0.3) is 17.3 Å². The molecule has 2 amide bonds. The Kier molecular flexibility index (Phi) is 5.64. The number of hydrogen-bond donors (Lipinski definition) is 0. The number of carbonyl (C=O) groups is 2.